The number of thioether (sulfide) groups is 1. The molecule has 0 fully saturated rings. The molecule has 3 aromatic heterocycles. The number of thiophene rings is 1. The van der Waals surface area contributed by atoms with Crippen LogP contribution in [0.15, 0.2) is 31.8 Å². The van der Waals surface area contributed by atoms with Crippen LogP contribution in [0.25, 0.3) is 11.2 Å². The number of imidazole rings is 1. The minimum Gasteiger partial charge on any atom is -0.354 e. The Labute approximate surface area is 171 Å². The van der Waals surface area contributed by atoms with Gasteiger partial charge in [-0.05, 0) is 28.1 Å². The summed E-state index contributed by atoms with van der Waals surface area (Å²) in [5.74, 6) is 1.26. The number of carbonyl (C=O) groups is 1. The van der Waals surface area contributed by atoms with Crippen molar-refractivity contribution in [3.63, 3.8) is 0 Å². The van der Waals surface area contributed by atoms with Gasteiger partial charge in [0.25, 0.3) is 5.56 Å². The molecule has 144 valence electrons. The first-order valence-electron chi connectivity index (χ1n) is 8.08. The highest BCUT2D eigenvalue weighted by Crippen LogP contribution is 2.25. The Morgan fingerprint density at radius 1 is 1.33 bits per heavy atom. The van der Waals surface area contributed by atoms with E-state index in [4.69, 9.17) is 0 Å². The topological polar surface area (TPSA) is 90.9 Å². The fourth-order valence-electron chi connectivity index (χ4n) is 2.60. The second-order valence-corrected chi connectivity index (χ2v) is 9.52. The molecule has 0 saturated carbocycles. The third kappa shape index (κ3) is 4.36. The minimum absolute atomic E-state index is 0.294. The molecular weight excluding hydrogens is 454 g/mol. The molecule has 8 nitrogen and oxygen atoms in total. The first-order valence-corrected chi connectivity index (χ1v) is 10.8. The van der Waals surface area contributed by atoms with Crippen molar-refractivity contribution in [2.75, 3.05) is 12.3 Å². The number of hydrogen-bond acceptors (Lipinski definition) is 6. The Balaban J connectivity index is 1.58. The number of amides is 1. The van der Waals surface area contributed by atoms with Crippen molar-refractivity contribution in [3.8, 4) is 0 Å². The molecule has 1 N–H and O–H groups in total. The van der Waals surface area contributed by atoms with Gasteiger partial charge >= 0.3 is 5.69 Å². The second-order valence-electron chi connectivity index (χ2n) is 5.87. The molecule has 0 aliphatic heterocycles. The summed E-state index contributed by atoms with van der Waals surface area (Å²) in [5, 5.41) is 2.76. The molecule has 0 aliphatic rings. The summed E-state index contributed by atoms with van der Waals surface area (Å²) < 4.78 is 4.86. The van der Waals surface area contributed by atoms with Crippen LogP contribution in [0.1, 0.15) is 4.88 Å². The molecule has 3 aromatic rings. The Morgan fingerprint density at radius 3 is 2.81 bits per heavy atom. The van der Waals surface area contributed by atoms with E-state index in [9.17, 15) is 14.4 Å². The van der Waals surface area contributed by atoms with Crippen molar-refractivity contribution < 1.29 is 4.79 Å². The van der Waals surface area contributed by atoms with Gasteiger partial charge in [0.1, 0.15) is 6.54 Å². The molecule has 11 heteroatoms. The van der Waals surface area contributed by atoms with E-state index in [-0.39, 0.29) is 12.5 Å². The molecule has 0 unspecified atom stereocenters. The van der Waals surface area contributed by atoms with Gasteiger partial charge in [-0.15, -0.1) is 11.3 Å². The van der Waals surface area contributed by atoms with Crippen LogP contribution in [-0.2, 0) is 31.2 Å². The lowest BCUT2D eigenvalue weighted by Gasteiger charge is -2.09. The predicted molar refractivity (Wildman–Crippen MR) is 111 cm³/mol. The summed E-state index contributed by atoms with van der Waals surface area (Å²) in [4.78, 5) is 42.4. The Kier molecular flexibility index (Phi) is 6.22. The van der Waals surface area contributed by atoms with Gasteiger partial charge in [-0.1, -0.05) is 0 Å². The first-order chi connectivity index (χ1) is 12.9. The van der Waals surface area contributed by atoms with E-state index in [1.165, 1.54) is 22.8 Å². The molecule has 27 heavy (non-hydrogen) atoms. The molecule has 0 saturated heterocycles. The number of halogens is 1. The fourth-order valence-corrected chi connectivity index (χ4v) is 5.05. The fraction of sp³-hybridized carbons (Fsp3) is 0.375. The molecule has 0 aromatic carbocycles. The number of hydrogen-bond donors (Lipinski definition) is 1. The van der Waals surface area contributed by atoms with E-state index in [1.807, 2.05) is 6.07 Å². The van der Waals surface area contributed by atoms with E-state index >= 15 is 0 Å². The molecule has 0 atom stereocenters. The molecule has 3 rings (SSSR count). The lowest BCUT2D eigenvalue weighted by atomic mass is 10.4. The van der Waals surface area contributed by atoms with Crippen molar-refractivity contribution in [3.05, 3.63) is 48.0 Å². The highest BCUT2D eigenvalue weighted by atomic mass is 79.9. The molecule has 0 aliphatic carbocycles. The average molecular weight is 472 g/mol. The molecule has 0 radical (unpaired) electrons. The van der Waals surface area contributed by atoms with Crippen molar-refractivity contribution in [2.24, 2.45) is 14.1 Å². The number of carbonyl (C=O) groups excluding carboxylic acids is 1. The number of rotatable bonds is 7. The van der Waals surface area contributed by atoms with Crippen LogP contribution < -0.4 is 16.6 Å². The Bertz CT molecular complexity index is 1100. The van der Waals surface area contributed by atoms with Crippen molar-refractivity contribution in [1.29, 1.82) is 0 Å². The summed E-state index contributed by atoms with van der Waals surface area (Å²) >= 11 is 6.83. The third-order valence-electron chi connectivity index (χ3n) is 3.94. The van der Waals surface area contributed by atoms with Gasteiger partial charge in [0.15, 0.2) is 11.2 Å². The zero-order valence-electron chi connectivity index (χ0n) is 14.8. The summed E-state index contributed by atoms with van der Waals surface area (Å²) in [6.07, 6.45) is 1.47. The normalized spacial score (nSPS) is 11.2. The standard InChI is InChI=1S/C16H18BrN5O3S2/c1-20-9-19-14-13(20)15(24)22(16(25)21(14)2)7-12(23)18-5-6-26-8-10-3-4-11(17)27-10/h3-4,9H,5-8H2,1-2H3,(H,18,23). The zero-order chi connectivity index (χ0) is 19.6. The lowest BCUT2D eigenvalue weighted by Crippen LogP contribution is -2.43. The Morgan fingerprint density at radius 2 is 2.11 bits per heavy atom. The van der Waals surface area contributed by atoms with Crippen LogP contribution in [0.4, 0.5) is 0 Å². The quantitative estimate of drug-likeness (QED) is 0.524. The van der Waals surface area contributed by atoms with Crippen LogP contribution in [0, 0.1) is 0 Å². The summed E-state index contributed by atoms with van der Waals surface area (Å²) in [6, 6.07) is 4.08. The minimum atomic E-state index is -0.556. The monoisotopic (exact) mass is 471 g/mol. The van der Waals surface area contributed by atoms with Gasteiger partial charge in [-0.25, -0.2) is 14.3 Å². The highest BCUT2D eigenvalue weighted by Gasteiger charge is 2.16. The van der Waals surface area contributed by atoms with Crippen molar-refractivity contribution in [2.45, 2.75) is 12.3 Å². The van der Waals surface area contributed by atoms with E-state index in [0.29, 0.717) is 17.7 Å². The van der Waals surface area contributed by atoms with E-state index < -0.39 is 11.2 Å². The van der Waals surface area contributed by atoms with Crippen LogP contribution in [0.3, 0.4) is 0 Å². The maximum absolute atomic E-state index is 12.6. The maximum atomic E-state index is 12.6. The smallest absolute Gasteiger partial charge is 0.332 e. The van der Waals surface area contributed by atoms with Gasteiger partial charge in [-0.2, -0.15) is 11.8 Å². The van der Waals surface area contributed by atoms with Crippen LogP contribution in [-0.4, -0.2) is 36.9 Å². The van der Waals surface area contributed by atoms with Gasteiger partial charge < -0.3 is 9.88 Å². The number of nitrogens with zero attached hydrogens (tertiary/aromatic N) is 4. The second kappa shape index (κ2) is 8.44. The van der Waals surface area contributed by atoms with E-state index in [2.05, 4.69) is 32.3 Å². The van der Waals surface area contributed by atoms with Crippen LogP contribution in [0.2, 0.25) is 0 Å². The number of aromatic nitrogens is 4. The van der Waals surface area contributed by atoms with Crippen molar-refractivity contribution >= 4 is 56.1 Å². The SMILES string of the molecule is Cn1cnc2c1c(=O)n(CC(=O)NCCSCc1ccc(Br)s1)c(=O)n2C. The summed E-state index contributed by atoms with van der Waals surface area (Å²) in [6.45, 7) is 0.161. The van der Waals surface area contributed by atoms with Gasteiger partial charge in [0, 0.05) is 37.0 Å². The summed E-state index contributed by atoms with van der Waals surface area (Å²) in [7, 11) is 3.21. The van der Waals surface area contributed by atoms with Crippen molar-refractivity contribution in [1.82, 2.24) is 24.0 Å². The largest absolute Gasteiger partial charge is 0.354 e. The predicted octanol–water partition coefficient (Wildman–Crippen LogP) is 1.31. The molecular formula is C16H18BrN5O3S2. The number of nitrogens with one attached hydrogen (secondary N) is 1. The maximum Gasteiger partial charge on any atom is 0.332 e. The molecule has 0 bridgehead atoms. The van der Waals surface area contributed by atoms with E-state index in [0.717, 1.165) is 19.9 Å². The van der Waals surface area contributed by atoms with Gasteiger partial charge in [0.05, 0.1) is 10.1 Å². The van der Waals surface area contributed by atoms with Crippen LogP contribution in [0.5, 0.6) is 0 Å². The van der Waals surface area contributed by atoms with Crippen LogP contribution >= 0.6 is 39.0 Å². The third-order valence-corrected chi connectivity index (χ3v) is 6.76. The van der Waals surface area contributed by atoms with Gasteiger partial charge in [0.2, 0.25) is 5.91 Å². The molecule has 1 amide bonds. The number of aryl methyl sites for hydroxylation is 2. The van der Waals surface area contributed by atoms with E-state index in [1.54, 1.807) is 34.7 Å². The molecule has 3 heterocycles. The average Bonchev–Trinajstić information content (AvgIpc) is 3.22. The van der Waals surface area contributed by atoms with Gasteiger partial charge in [-0.3, -0.25) is 14.2 Å². The zero-order valence-corrected chi connectivity index (χ0v) is 18.0. The molecule has 0 spiro atoms. The number of fused-ring (bicyclic) bond motifs is 1. The summed E-state index contributed by atoms with van der Waals surface area (Å²) in [5.41, 5.74) is -0.469. The first kappa shape index (κ1) is 19.9. The lowest BCUT2D eigenvalue weighted by molar-refractivity contribution is -0.121. The highest BCUT2D eigenvalue weighted by molar-refractivity contribution is 9.11. The Hall–Kier alpha value is -1.85.